The van der Waals surface area contributed by atoms with Gasteiger partial charge in [-0.2, -0.15) is 0 Å². The minimum Gasteiger partial charge on any atom is -0.329 e. The van der Waals surface area contributed by atoms with Gasteiger partial charge in [0, 0.05) is 11.6 Å². The van der Waals surface area contributed by atoms with Crippen molar-refractivity contribution in [3.63, 3.8) is 0 Å². The Morgan fingerprint density at radius 1 is 1.33 bits per heavy atom. The molecule has 1 saturated carbocycles. The molecule has 2 nitrogen and oxygen atoms in total. The van der Waals surface area contributed by atoms with E-state index in [2.05, 4.69) is 18.4 Å². The van der Waals surface area contributed by atoms with Gasteiger partial charge in [-0.05, 0) is 19.3 Å². The average Bonchev–Trinajstić information content (AvgIpc) is 2.29. The maximum atomic E-state index is 11.8. The number of rotatable bonds is 3. The molecule has 1 aliphatic heterocycles. The minimum atomic E-state index is 0.223. The summed E-state index contributed by atoms with van der Waals surface area (Å²) in [6.07, 6.45) is 8.58. The molecule has 1 saturated heterocycles. The van der Waals surface area contributed by atoms with Crippen molar-refractivity contribution < 1.29 is 4.79 Å². The standard InChI is InChI=1S/C13H21NO/c1-3-7-12-10(2)13(15)14(12)11-8-5-4-6-9-11/h11-12H,2-9H2,1H3. The van der Waals surface area contributed by atoms with Crippen molar-refractivity contribution in [1.82, 2.24) is 4.90 Å². The van der Waals surface area contributed by atoms with E-state index in [0.717, 1.165) is 18.4 Å². The van der Waals surface area contributed by atoms with Crippen LogP contribution in [0.1, 0.15) is 51.9 Å². The lowest BCUT2D eigenvalue weighted by Crippen LogP contribution is -2.59. The van der Waals surface area contributed by atoms with E-state index < -0.39 is 0 Å². The second kappa shape index (κ2) is 4.38. The molecule has 0 aromatic rings. The fourth-order valence-corrected chi connectivity index (χ4v) is 2.92. The van der Waals surface area contributed by atoms with E-state index in [1.807, 2.05) is 0 Å². The molecule has 2 heteroatoms. The molecular weight excluding hydrogens is 186 g/mol. The van der Waals surface area contributed by atoms with Crippen LogP contribution < -0.4 is 0 Å². The zero-order chi connectivity index (χ0) is 10.8. The molecule has 0 aromatic heterocycles. The van der Waals surface area contributed by atoms with Gasteiger partial charge in [0.15, 0.2) is 0 Å². The smallest absolute Gasteiger partial charge is 0.252 e. The third kappa shape index (κ3) is 1.82. The Balaban J connectivity index is 2.00. The van der Waals surface area contributed by atoms with Crippen LogP contribution >= 0.6 is 0 Å². The number of nitrogens with zero attached hydrogens (tertiary/aromatic N) is 1. The van der Waals surface area contributed by atoms with E-state index in [-0.39, 0.29) is 5.91 Å². The third-order valence-electron chi connectivity index (χ3n) is 3.78. The number of carbonyl (C=O) groups is 1. The Bertz CT molecular complexity index is 266. The molecule has 0 spiro atoms. The first-order valence-electron chi connectivity index (χ1n) is 6.27. The summed E-state index contributed by atoms with van der Waals surface area (Å²) in [5, 5.41) is 0. The maximum absolute atomic E-state index is 11.8. The summed E-state index contributed by atoms with van der Waals surface area (Å²) in [4.78, 5) is 13.9. The van der Waals surface area contributed by atoms with Crippen molar-refractivity contribution in [3.05, 3.63) is 12.2 Å². The van der Waals surface area contributed by atoms with Crippen molar-refractivity contribution in [2.75, 3.05) is 0 Å². The first-order valence-corrected chi connectivity index (χ1v) is 6.27. The largest absolute Gasteiger partial charge is 0.329 e. The Morgan fingerprint density at radius 3 is 2.60 bits per heavy atom. The molecule has 2 fully saturated rings. The van der Waals surface area contributed by atoms with Crippen molar-refractivity contribution in [3.8, 4) is 0 Å². The lowest BCUT2D eigenvalue weighted by molar-refractivity contribution is -0.141. The Hall–Kier alpha value is -0.790. The molecule has 84 valence electrons. The van der Waals surface area contributed by atoms with Crippen molar-refractivity contribution in [2.45, 2.75) is 64.0 Å². The van der Waals surface area contributed by atoms with Crippen molar-refractivity contribution in [1.29, 1.82) is 0 Å². The number of likely N-dealkylation sites (tertiary alicyclic amines) is 1. The van der Waals surface area contributed by atoms with E-state index in [1.54, 1.807) is 0 Å². The van der Waals surface area contributed by atoms with Crippen molar-refractivity contribution >= 4 is 5.91 Å². The summed E-state index contributed by atoms with van der Waals surface area (Å²) >= 11 is 0. The van der Waals surface area contributed by atoms with Gasteiger partial charge in [-0.15, -0.1) is 0 Å². The van der Waals surface area contributed by atoms with Crippen LogP contribution in [0.4, 0.5) is 0 Å². The predicted octanol–water partition coefficient (Wildman–Crippen LogP) is 2.89. The molecule has 0 N–H and O–H groups in total. The van der Waals surface area contributed by atoms with Gasteiger partial charge in [0.1, 0.15) is 0 Å². The van der Waals surface area contributed by atoms with Crippen LogP contribution in [0, 0.1) is 0 Å². The summed E-state index contributed by atoms with van der Waals surface area (Å²) in [5.41, 5.74) is 0.849. The average molecular weight is 207 g/mol. The van der Waals surface area contributed by atoms with Gasteiger partial charge in [0.25, 0.3) is 5.91 Å². The van der Waals surface area contributed by atoms with Gasteiger partial charge in [0.2, 0.25) is 0 Å². The molecule has 1 heterocycles. The van der Waals surface area contributed by atoms with Gasteiger partial charge in [0.05, 0.1) is 6.04 Å². The van der Waals surface area contributed by atoms with E-state index in [1.165, 1.54) is 32.1 Å². The third-order valence-corrected chi connectivity index (χ3v) is 3.78. The fourth-order valence-electron chi connectivity index (χ4n) is 2.92. The van der Waals surface area contributed by atoms with Crippen LogP contribution in [0.3, 0.4) is 0 Å². The molecule has 0 aromatic carbocycles. The summed E-state index contributed by atoms with van der Waals surface area (Å²) in [6, 6.07) is 0.888. The zero-order valence-corrected chi connectivity index (χ0v) is 9.67. The summed E-state index contributed by atoms with van der Waals surface area (Å²) in [5.74, 6) is 0.223. The van der Waals surface area contributed by atoms with Crippen LogP contribution in [-0.4, -0.2) is 22.9 Å². The molecule has 2 aliphatic rings. The second-order valence-corrected chi connectivity index (χ2v) is 4.83. The number of hydrogen-bond acceptors (Lipinski definition) is 1. The normalized spacial score (nSPS) is 28.1. The molecule has 15 heavy (non-hydrogen) atoms. The fraction of sp³-hybridized carbons (Fsp3) is 0.769. The molecule has 1 amide bonds. The molecular formula is C13H21NO. The van der Waals surface area contributed by atoms with Gasteiger partial charge in [-0.1, -0.05) is 39.2 Å². The quantitative estimate of drug-likeness (QED) is 0.515. The highest BCUT2D eigenvalue weighted by atomic mass is 16.2. The number of hydrogen-bond donors (Lipinski definition) is 0. The van der Waals surface area contributed by atoms with Crippen LogP contribution in [0.15, 0.2) is 12.2 Å². The summed E-state index contributed by atoms with van der Waals surface area (Å²) < 4.78 is 0. The van der Waals surface area contributed by atoms with Gasteiger partial charge in [-0.3, -0.25) is 4.79 Å². The Kier molecular flexibility index (Phi) is 3.13. The molecule has 1 atom stereocenters. The van der Waals surface area contributed by atoms with Gasteiger partial charge < -0.3 is 4.90 Å². The molecule has 0 bridgehead atoms. The van der Waals surface area contributed by atoms with Crippen molar-refractivity contribution in [2.24, 2.45) is 0 Å². The van der Waals surface area contributed by atoms with Crippen LogP contribution in [0.2, 0.25) is 0 Å². The summed E-state index contributed by atoms with van der Waals surface area (Å²) in [7, 11) is 0. The van der Waals surface area contributed by atoms with Gasteiger partial charge in [-0.25, -0.2) is 0 Å². The van der Waals surface area contributed by atoms with Crippen LogP contribution in [0.25, 0.3) is 0 Å². The summed E-state index contributed by atoms with van der Waals surface area (Å²) in [6.45, 7) is 6.07. The first-order chi connectivity index (χ1) is 7.25. The second-order valence-electron chi connectivity index (χ2n) is 4.83. The maximum Gasteiger partial charge on any atom is 0.252 e. The molecule has 2 rings (SSSR count). The lowest BCUT2D eigenvalue weighted by Gasteiger charge is -2.48. The van der Waals surface area contributed by atoms with Gasteiger partial charge >= 0.3 is 0 Å². The SMILES string of the molecule is C=C1C(=O)N(C2CCCCC2)C1CCC. The van der Waals surface area contributed by atoms with E-state index in [4.69, 9.17) is 0 Å². The Morgan fingerprint density at radius 2 is 2.00 bits per heavy atom. The van der Waals surface area contributed by atoms with Crippen LogP contribution in [0.5, 0.6) is 0 Å². The topological polar surface area (TPSA) is 20.3 Å². The first kappa shape index (κ1) is 10.7. The predicted molar refractivity (Wildman–Crippen MR) is 61.6 cm³/mol. The number of β-lactam (4-membered cyclic amide) rings is 1. The molecule has 0 radical (unpaired) electrons. The number of carbonyl (C=O) groups excluding carboxylic acids is 1. The van der Waals surface area contributed by atoms with E-state index >= 15 is 0 Å². The highest BCUT2D eigenvalue weighted by Gasteiger charge is 2.43. The molecule has 1 unspecified atom stereocenters. The minimum absolute atomic E-state index is 0.223. The Labute approximate surface area is 92.3 Å². The van der Waals surface area contributed by atoms with E-state index in [0.29, 0.717) is 12.1 Å². The monoisotopic (exact) mass is 207 g/mol. The lowest BCUT2D eigenvalue weighted by atomic mass is 9.85. The highest BCUT2D eigenvalue weighted by Crippen LogP contribution is 2.35. The number of amides is 1. The highest BCUT2D eigenvalue weighted by molar-refractivity contribution is 6.01. The van der Waals surface area contributed by atoms with Crippen LogP contribution in [-0.2, 0) is 4.79 Å². The zero-order valence-electron chi connectivity index (χ0n) is 9.67. The molecule has 1 aliphatic carbocycles. The van der Waals surface area contributed by atoms with E-state index in [9.17, 15) is 4.79 Å².